The third kappa shape index (κ3) is 2.82. The van der Waals surface area contributed by atoms with E-state index in [1.54, 1.807) is 24.3 Å². The van der Waals surface area contributed by atoms with Gasteiger partial charge in [0.05, 0.1) is 10.6 Å². The Bertz CT molecular complexity index is 410. The average Bonchev–Trinajstić information content (AvgIpc) is 2.02. The zero-order chi connectivity index (χ0) is 10.8. The molecule has 2 nitrogen and oxygen atoms in total. The first-order chi connectivity index (χ1) is 6.43. The lowest BCUT2D eigenvalue weighted by atomic mass is 10.3. The molecular weight excluding hydrogens is 264 g/mol. The van der Waals surface area contributed by atoms with Crippen LogP contribution in [0.15, 0.2) is 33.6 Å². The number of halogens is 1. The summed E-state index contributed by atoms with van der Waals surface area (Å²) in [6.45, 7) is 3.79. The maximum Gasteiger partial charge on any atom is 0.179 e. The van der Waals surface area contributed by atoms with E-state index in [-0.39, 0.29) is 11.7 Å². The van der Waals surface area contributed by atoms with Gasteiger partial charge in [0.1, 0.15) is 0 Å². The Morgan fingerprint density at radius 2 is 1.86 bits per heavy atom. The van der Waals surface area contributed by atoms with Gasteiger partial charge in [-0.05, 0) is 34.0 Å². The van der Waals surface area contributed by atoms with Crippen LogP contribution in [0.4, 0.5) is 0 Å². The van der Waals surface area contributed by atoms with Gasteiger partial charge in [-0.15, -0.1) is 0 Å². The van der Waals surface area contributed by atoms with Crippen molar-refractivity contribution in [2.45, 2.75) is 18.7 Å². The van der Waals surface area contributed by atoms with Gasteiger partial charge in [-0.25, -0.2) is 8.42 Å². The van der Waals surface area contributed by atoms with Gasteiger partial charge in [0, 0.05) is 4.47 Å². The normalized spacial score (nSPS) is 12.0. The Labute approximate surface area is 93.4 Å². The number of rotatable bonds is 3. The molecule has 0 unspecified atom stereocenters. The molecule has 0 fully saturated rings. The van der Waals surface area contributed by atoms with Crippen LogP contribution >= 0.6 is 15.9 Å². The summed E-state index contributed by atoms with van der Waals surface area (Å²) in [5.41, 5.74) is 0. The minimum Gasteiger partial charge on any atom is -0.224 e. The molecule has 0 saturated heterocycles. The first kappa shape index (κ1) is 11.7. The van der Waals surface area contributed by atoms with Crippen molar-refractivity contribution in [2.75, 3.05) is 5.75 Å². The minimum absolute atomic E-state index is 0.145. The molecule has 0 saturated carbocycles. The molecule has 78 valence electrons. The summed E-state index contributed by atoms with van der Waals surface area (Å²) in [4.78, 5) is 0.383. The Kier molecular flexibility index (Phi) is 3.72. The molecule has 0 atom stereocenters. The molecule has 0 aliphatic heterocycles. The zero-order valence-electron chi connectivity index (χ0n) is 8.20. The van der Waals surface area contributed by atoms with Crippen LogP contribution in [0.2, 0.25) is 0 Å². The van der Waals surface area contributed by atoms with Crippen LogP contribution < -0.4 is 0 Å². The summed E-state index contributed by atoms with van der Waals surface area (Å²) in [5.74, 6) is 0.336. The van der Waals surface area contributed by atoms with E-state index in [0.29, 0.717) is 9.37 Å². The van der Waals surface area contributed by atoms with Crippen LogP contribution in [0.3, 0.4) is 0 Å². The Balaban J connectivity index is 3.11. The molecule has 1 aromatic carbocycles. The van der Waals surface area contributed by atoms with Crippen molar-refractivity contribution in [2.24, 2.45) is 5.92 Å². The van der Waals surface area contributed by atoms with Crippen molar-refractivity contribution in [3.8, 4) is 0 Å². The lowest BCUT2D eigenvalue weighted by Gasteiger charge is -2.08. The molecule has 0 aliphatic rings. The molecule has 0 radical (unpaired) electrons. The van der Waals surface area contributed by atoms with Crippen LogP contribution in [0.5, 0.6) is 0 Å². The summed E-state index contributed by atoms with van der Waals surface area (Å²) in [6, 6.07) is 6.91. The molecule has 0 aliphatic carbocycles. The molecule has 0 aromatic heterocycles. The van der Waals surface area contributed by atoms with E-state index in [1.807, 2.05) is 13.8 Å². The van der Waals surface area contributed by atoms with Crippen LogP contribution in [0.1, 0.15) is 13.8 Å². The largest absolute Gasteiger partial charge is 0.224 e. The second-order valence-electron chi connectivity index (χ2n) is 3.61. The monoisotopic (exact) mass is 276 g/mol. The van der Waals surface area contributed by atoms with Crippen LogP contribution in [-0.4, -0.2) is 14.2 Å². The van der Waals surface area contributed by atoms with Gasteiger partial charge in [0.2, 0.25) is 0 Å². The van der Waals surface area contributed by atoms with E-state index in [9.17, 15) is 8.42 Å². The maximum atomic E-state index is 11.8. The number of sulfone groups is 1. The Hall–Kier alpha value is -0.350. The quantitative estimate of drug-likeness (QED) is 0.851. The van der Waals surface area contributed by atoms with Crippen LogP contribution in [0, 0.1) is 5.92 Å². The fourth-order valence-corrected chi connectivity index (χ4v) is 3.96. The molecule has 0 amide bonds. The maximum absolute atomic E-state index is 11.8. The predicted molar refractivity (Wildman–Crippen MR) is 61.0 cm³/mol. The molecule has 1 rings (SSSR count). The molecule has 14 heavy (non-hydrogen) atoms. The number of benzene rings is 1. The van der Waals surface area contributed by atoms with Gasteiger partial charge in [-0.3, -0.25) is 0 Å². The lowest BCUT2D eigenvalue weighted by molar-refractivity contribution is 0.582. The fourth-order valence-electron chi connectivity index (χ4n) is 1.23. The van der Waals surface area contributed by atoms with Crippen molar-refractivity contribution in [3.63, 3.8) is 0 Å². The van der Waals surface area contributed by atoms with E-state index in [1.165, 1.54) is 0 Å². The predicted octanol–water partition coefficient (Wildman–Crippen LogP) is 2.88. The van der Waals surface area contributed by atoms with Crippen molar-refractivity contribution >= 4 is 25.8 Å². The second kappa shape index (κ2) is 4.45. The summed E-state index contributed by atoms with van der Waals surface area (Å²) in [6.07, 6.45) is 0. The highest BCUT2D eigenvalue weighted by molar-refractivity contribution is 9.10. The fraction of sp³-hybridized carbons (Fsp3) is 0.400. The topological polar surface area (TPSA) is 34.1 Å². The number of hydrogen-bond acceptors (Lipinski definition) is 2. The first-order valence-electron chi connectivity index (χ1n) is 4.41. The second-order valence-corrected chi connectivity index (χ2v) is 6.46. The summed E-state index contributed by atoms with van der Waals surface area (Å²) in [7, 11) is -3.14. The van der Waals surface area contributed by atoms with Gasteiger partial charge in [-0.1, -0.05) is 26.0 Å². The van der Waals surface area contributed by atoms with Gasteiger partial charge < -0.3 is 0 Å². The smallest absolute Gasteiger partial charge is 0.179 e. The third-order valence-corrected chi connectivity index (χ3v) is 4.81. The average molecular weight is 277 g/mol. The Morgan fingerprint density at radius 3 is 2.36 bits per heavy atom. The van der Waals surface area contributed by atoms with Gasteiger partial charge >= 0.3 is 0 Å². The first-order valence-corrected chi connectivity index (χ1v) is 6.85. The van der Waals surface area contributed by atoms with Crippen molar-refractivity contribution in [1.82, 2.24) is 0 Å². The van der Waals surface area contributed by atoms with E-state index in [4.69, 9.17) is 0 Å². The van der Waals surface area contributed by atoms with Gasteiger partial charge in [0.15, 0.2) is 9.84 Å². The molecule has 4 heteroatoms. The zero-order valence-corrected chi connectivity index (χ0v) is 10.6. The van der Waals surface area contributed by atoms with E-state index < -0.39 is 9.84 Å². The minimum atomic E-state index is -3.14. The van der Waals surface area contributed by atoms with Crippen LogP contribution in [-0.2, 0) is 9.84 Å². The highest BCUT2D eigenvalue weighted by Crippen LogP contribution is 2.23. The van der Waals surface area contributed by atoms with Gasteiger partial charge in [-0.2, -0.15) is 0 Å². The highest BCUT2D eigenvalue weighted by atomic mass is 79.9. The molecule has 0 heterocycles. The van der Waals surface area contributed by atoms with Crippen LogP contribution in [0.25, 0.3) is 0 Å². The van der Waals surface area contributed by atoms with E-state index in [0.717, 1.165) is 0 Å². The van der Waals surface area contributed by atoms with E-state index >= 15 is 0 Å². The SMILES string of the molecule is CC(C)CS(=O)(=O)c1ccccc1Br. The molecule has 0 spiro atoms. The van der Waals surface area contributed by atoms with E-state index in [2.05, 4.69) is 15.9 Å². The standard InChI is InChI=1S/C10H13BrO2S/c1-8(2)7-14(12,13)10-6-4-3-5-9(10)11/h3-6,8H,7H2,1-2H3. The summed E-state index contributed by atoms with van der Waals surface area (Å²) >= 11 is 3.24. The Morgan fingerprint density at radius 1 is 1.29 bits per heavy atom. The molecule has 0 N–H and O–H groups in total. The molecule has 1 aromatic rings. The summed E-state index contributed by atoms with van der Waals surface area (Å²) < 4.78 is 24.3. The van der Waals surface area contributed by atoms with Crippen molar-refractivity contribution in [3.05, 3.63) is 28.7 Å². The van der Waals surface area contributed by atoms with Gasteiger partial charge in [0.25, 0.3) is 0 Å². The molecular formula is C10H13BrO2S. The number of hydrogen-bond donors (Lipinski definition) is 0. The highest BCUT2D eigenvalue weighted by Gasteiger charge is 2.18. The van der Waals surface area contributed by atoms with Crippen molar-refractivity contribution in [1.29, 1.82) is 0 Å². The summed E-state index contributed by atoms with van der Waals surface area (Å²) in [5, 5.41) is 0. The third-order valence-electron chi connectivity index (χ3n) is 1.72. The lowest BCUT2D eigenvalue weighted by Crippen LogP contribution is -2.12. The van der Waals surface area contributed by atoms with Crippen molar-refractivity contribution < 1.29 is 8.42 Å². The molecule has 0 bridgehead atoms.